The number of rotatable bonds is 7. The highest BCUT2D eigenvalue weighted by Gasteiger charge is 2.10. The van der Waals surface area contributed by atoms with Crippen LogP contribution in [0.15, 0.2) is 48.8 Å². The van der Waals surface area contributed by atoms with Crippen molar-refractivity contribution in [3.05, 3.63) is 65.9 Å². The van der Waals surface area contributed by atoms with Crippen molar-refractivity contribution in [2.75, 3.05) is 19.5 Å². The molecule has 0 spiro atoms. The molecule has 3 rings (SSSR count). The highest BCUT2D eigenvalue weighted by Crippen LogP contribution is 2.19. The number of aromatic nitrogens is 3. The minimum atomic E-state index is -0.496. The van der Waals surface area contributed by atoms with Crippen molar-refractivity contribution in [3.63, 3.8) is 0 Å². The summed E-state index contributed by atoms with van der Waals surface area (Å²) in [6.07, 6.45) is 3.39. The average Bonchev–Trinajstić information content (AvgIpc) is 2.73. The van der Waals surface area contributed by atoms with Crippen molar-refractivity contribution >= 4 is 11.7 Å². The standard InChI is InChI=1S/C20H20FN5O2/c1-22-18-11-15(25-20(26-18)14-5-7-23-8-6-14)12-24-19(27)10-13-3-4-17(28-2)16(21)9-13/h3-9,11H,10,12H2,1-2H3,(H,24,27)(H,22,25,26). The van der Waals surface area contributed by atoms with Gasteiger partial charge in [-0.25, -0.2) is 14.4 Å². The summed E-state index contributed by atoms with van der Waals surface area (Å²) in [5.74, 6) is 0.594. The molecule has 28 heavy (non-hydrogen) atoms. The number of nitrogens with zero attached hydrogens (tertiary/aromatic N) is 3. The van der Waals surface area contributed by atoms with E-state index in [1.165, 1.54) is 19.2 Å². The summed E-state index contributed by atoms with van der Waals surface area (Å²) < 4.78 is 18.6. The molecule has 1 aromatic carbocycles. The predicted octanol–water partition coefficient (Wildman–Crippen LogP) is 2.59. The maximum Gasteiger partial charge on any atom is 0.224 e. The molecule has 2 aromatic heterocycles. The van der Waals surface area contributed by atoms with E-state index in [1.807, 2.05) is 12.1 Å². The number of benzene rings is 1. The highest BCUT2D eigenvalue weighted by molar-refractivity contribution is 5.78. The zero-order chi connectivity index (χ0) is 19.9. The van der Waals surface area contributed by atoms with Crippen molar-refractivity contribution in [2.45, 2.75) is 13.0 Å². The van der Waals surface area contributed by atoms with Crippen LogP contribution in [0.5, 0.6) is 5.75 Å². The van der Waals surface area contributed by atoms with Gasteiger partial charge in [0.25, 0.3) is 0 Å². The summed E-state index contributed by atoms with van der Waals surface area (Å²) in [5, 5.41) is 5.79. The van der Waals surface area contributed by atoms with Crippen LogP contribution in [-0.4, -0.2) is 35.0 Å². The molecule has 2 heterocycles. The lowest BCUT2D eigenvalue weighted by molar-refractivity contribution is -0.120. The van der Waals surface area contributed by atoms with Crippen molar-refractivity contribution in [1.82, 2.24) is 20.3 Å². The number of pyridine rings is 1. The first kappa shape index (κ1) is 19.2. The number of carbonyl (C=O) groups is 1. The van der Waals surface area contributed by atoms with Gasteiger partial charge in [0.05, 0.1) is 25.8 Å². The van der Waals surface area contributed by atoms with Crippen LogP contribution >= 0.6 is 0 Å². The number of hydrogen-bond donors (Lipinski definition) is 2. The SMILES string of the molecule is CNc1cc(CNC(=O)Cc2ccc(OC)c(F)c2)nc(-c2ccncc2)n1. The quantitative estimate of drug-likeness (QED) is 0.654. The molecule has 1 amide bonds. The van der Waals surface area contributed by atoms with E-state index in [-0.39, 0.29) is 24.6 Å². The van der Waals surface area contributed by atoms with E-state index >= 15 is 0 Å². The van der Waals surface area contributed by atoms with Crippen LogP contribution in [-0.2, 0) is 17.8 Å². The molecule has 0 aliphatic carbocycles. The number of nitrogens with one attached hydrogen (secondary N) is 2. The topological polar surface area (TPSA) is 89.0 Å². The third-order valence-corrected chi connectivity index (χ3v) is 4.02. The molecule has 0 fully saturated rings. The Kier molecular flexibility index (Phi) is 6.11. The molecular weight excluding hydrogens is 361 g/mol. The number of anilines is 1. The summed E-state index contributed by atoms with van der Waals surface area (Å²) in [5.41, 5.74) is 2.04. The number of methoxy groups -OCH3 is 1. The van der Waals surface area contributed by atoms with Gasteiger partial charge in [-0.05, 0) is 29.8 Å². The van der Waals surface area contributed by atoms with Gasteiger partial charge < -0.3 is 15.4 Å². The molecule has 0 saturated heterocycles. The Labute approximate surface area is 162 Å². The molecule has 0 radical (unpaired) electrons. The Morgan fingerprint density at radius 2 is 1.93 bits per heavy atom. The Balaban J connectivity index is 1.68. The van der Waals surface area contributed by atoms with Crippen LogP contribution in [0.2, 0.25) is 0 Å². The minimum Gasteiger partial charge on any atom is -0.494 e. The van der Waals surface area contributed by atoms with Gasteiger partial charge in [0.1, 0.15) is 5.82 Å². The molecule has 2 N–H and O–H groups in total. The maximum absolute atomic E-state index is 13.8. The second-order valence-corrected chi connectivity index (χ2v) is 5.98. The minimum absolute atomic E-state index is 0.0576. The van der Waals surface area contributed by atoms with E-state index in [2.05, 4.69) is 25.6 Å². The zero-order valence-corrected chi connectivity index (χ0v) is 15.6. The molecule has 0 aliphatic rings. The fraction of sp³-hybridized carbons (Fsp3) is 0.200. The van der Waals surface area contributed by atoms with Crippen molar-refractivity contribution in [1.29, 1.82) is 0 Å². The molecule has 144 valence electrons. The summed E-state index contributed by atoms with van der Waals surface area (Å²) in [6.45, 7) is 0.229. The van der Waals surface area contributed by atoms with E-state index in [0.717, 1.165) is 5.56 Å². The van der Waals surface area contributed by atoms with Crippen molar-refractivity contribution in [2.24, 2.45) is 0 Å². The number of ether oxygens (including phenoxy) is 1. The lowest BCUT2D eigenvalue weighted by atomic mass is 10.1. The summed E-state index contributed by atoms with van der Waals surface area (Å²) in [6, 6.07) is 9.85. The van der Waals surface area contributed by atoms with Crippen LogP contribution in [0.1, 0.15) is 11.3 Å². The fourth-order valence-corrected chi connectivity index (χ4v) is 2.60. The second kappa shape index (κ2) is 8.90. The monoisotopic (exact) mass is 381 g/mol. The zero-order valence-electron chi connectivity index (χ0n) is 15.6. The molecule has 0 atom stereocenters. The van der Waals surface area contributed by atoms with E-state index in [9.17, 15) is 9.18 Å². The normalized spacial score (nSPS) is 10.4. The van der Waals surface area contributed by atoms with Gasteiger partial charge in [-0.1, -0.05) is 6.07 Å². The van der Waals surface area contributed by atoms with E-state index in [1.54, 1.807) is 31.6 Å². The number of amides is 1. The first-order valence-corrected chi connectivity index (χ1v) is 8.64. The fourth-order valence-electron chi connectivity index (χ4n) is 2.60. The molecule has 0 unspecified atom stereocenters. The Bertz CT molecular complexity index is 966. The smallest absolute Gasteiger partial charge is 0.224 e. The summed E-state index contributed by atoms with van der Waals surface area (Å²) >= 11 is 0. The third kappa shape index (κ3) is 4.79. The van der Waals surface area contributed by atoms with Crippen molar-refractivity contribution in [3.8, 4) is 17.1 Å². The summed E-state index contributed by atoms with van der Waals surface area (Å²) in [4.78, 5) is 25.1. The molecule has 0 bridgehead atoms. The van der Waals surface area contributed by atoms with Gasteiger partial charge in [0.15, 0.2) is 17.4 Å². The Morgan fingerprint density at radius 1 is 1.14 bits per heavy atom. The van der Waals surface area contributed by atoms with Crippen LogP contribution in [0, 0.1) is 5.82 Å². The molecule has 8 heteroatoms. The van der Waals surface area contributed by atoms with Gasteiger partial charge in [0, 0.05) is 31.1 Å². The first-order chi connectivity index (χ1) is 13.6. The predicted molar refractivity (Wildman–Crippen MR) is 103 cm³/mol. The van der Waals surface area contributed by atoms with Crippen molar-refractivity contribution < 1.29 is 13.9 Å². The number of halogens is 1. The van der Waals surface area contributed by atoms with Gasteiger partial charge in [-0.2, -0.15) is 0 Å². The lowest BCUT2D eigenvalue weighted by Crippen LogP contribution is -2.25. The summed E-state index contributed by atoms with van der Waals surface area (Å²) in [7, 11) is 3.16. The third-order valence-electron chi connectivity index (χ3n) is 4.02. The largest absolute Gasteiger partial charge is 0.494 e. The Morgan fingerprint density at radius 3 is 2.61 bits per heavy atom. The average molecular weight is 381 g/mol. The number of hydrogen-bond acceptors (Lipinski definition) is 6. The first-order valence-electron chi connectivity index (χ1n) is 8.64. The van der Waals surface area contributed by atoms with Gasteiger partial charge in [-0.3, -0.25) is 9.78 Å². The van der Waals surface area contributed by atoms with E-state index in [0.29, 0.717) is 22.9 Å². The number of carbonyl (C=O) groups excluding carboxylic acids is 1. The molecule has 3 aromatic rings. The van der Waals surface area contributed by atoms with E-state index < -0.39 is 5.82 Å². The Hall–Kier alpha value is -3.55. The maximum atomic E-state index is 13.8. The van der Waals surface area contributed by atoms with Gasteiger partial charge in [-0.15, -0.1) is 0 Å². The van der Waals surface area contributed by atoms with Crippen LogP contribution < -0.4 is 15.4 Å². The van der Waals surface area contributed by atoms with E-state index in [4.69, 9.17) is 4.74 Å². The highest BCUT2D eigenvalue weighted by atomic mass is 19.1. The van der Waals surface area contributed by atoms with Crippen LogP contribution in [0.3, 0.4) is 0 Å². The van der Waals surface area contributed by atoms with Gasteiger partial charge >= 0.3 is 0 Å². The molecule has 0 aliphatic heterocycles. The second-order valence-electron chi connectivity index (χ2n) is 5.98. The molecule has 7 nitrogen and oxygen atoms in total. The molecule has 0 saturated carbocycles. The lowest BCUT2D eigenvalue weighted by Gasteiger charge is -2.10. The van der Waals surface area contributed by atoms with Crippen LogP contribution in [0.25, 0.3) is 11.4 Å². The van der Waals surface area contributed by atoms with Crippen LogP contribution in [0.4, 0.5) is 10.2 Å². The molecular formula is C20H20FN5O2. The van der Waals surface area contributed by atoms with Gasteiger partial charge in [0.2, 0.25) is 5.91 Å².